The van der Waals surface area contributed by atoms with Crippen molar-refractivity contribution in [3.63, 3.8) is 0 Å². The van der Waals surface area contributed by atoms with Crippen molar-refractivity contribution in [2.24, 2.45) is 5.41 Å². The molecule has 1 aliphatic rings. The first-order chi connectivity index (χ1) is 8.33. The molecule has 1 fully saturated rings. The van der Waals surface area contributed by atoms with Crippen LogP contribution in [-0.2, 0) is 9.59 Å². The summed E-state index contributed by atoms with van der Waals surface area (Å²) >= 11 is 3.40. The molecule has 0 aromatic heterocycles. The number of rotatable bonds is 2. The van der Waals surface area contributed by atoms with Gasteiger partial charge in [0.25, 0.3) is 0 Å². The van der Waals surface area contributed by atoms with E-state index in [2.05, 4.69) is 15.9 Å². The minimum Gasteiger partial charge on any atom is -0.275 e. The first-order valence-electron chi connectivity index (χ1n) is 5.95. The molecule has 0 N–H and O–H groups in total. The zero-order chi connectivity index (χ0) is 13.5. The topological polar surface area (TPSA) is 37.4 Å². The fraction of sp³-hybridized carbons (Fsp3) is 0.429. The quantitative estimate of drug-likeness (QED) is 0.786. The number of carbonyl (C=O) groups is 2. The highest BCUT2D eigenvalue weighted by atomic mass is 79.9. The zero-order valence-corrected chi connectivity index (χ0v) is 12.3. The summed E-state index contributed by atoms with van der Waals surface area (Å²) < 4.78 is 0.949. The molecule has 96 valence electrons. The van der Waals surface area contributed by atoms with Crippen molar-refractivity contribution in [2.75, 3.05) is 0 Å². The molecular formula is C14H16BrNO2. The number of hydrogen-bond acceptors (Lipinski definition) is 2. The summed E-state index contributed by atoms with van der Waals surface area (Å²) in [5.41, 5.74) is 0.390. The molecule has 1 atom stereocenters. The van der Waals surface area contributed by atoms with Crippen LogP contribution >= 0.6 is 15.9 Å². The number of hydrogen-bond donors (Lipinski definition) is 0. The van der Waals surface area contributed by atoms with Crippen molar-refractivity contribution in [2.45, 2.75) is 33.2 Å². The van der Waals surface area contributed by atoms with Crippen molar-refractivity contribution < 1.29 is 9.59 Å². The minimum atomic E-state index is -0.572. The second kappa shape index (κ2) is 4.50. The van der Waals surface area contributed by atoms with E-state index < -0.39 is 5.41 Å². The highest BCUT2D eigenvalue weighted by molar-refractivity contribution is 9.10. The summed E-state index contributed by atoms with van der Waals surface area (Å²) in [6, 6.07) is 7.49. The summed E-state index contributed by atoms with van der Waals surface area (Å²) in [7, 11) is 0. The molecule has 0 bridgehead atoms. The fourth-order valence-corrected chi connectivity index (χ4v) is 2.70. The van der Waals surface area contributed by atoms with Crippen LogP contribution < -0.4 is 0 Å². The first-order valence-corrected chi connectivity index (χ1v) is 6.74. The molecule has 0 radical (unpaired) electrons. The molecule has 1 aromatic rings. The van der Waals surface area contributed by atoms with Crippen LogP contribution in [0.4, 0.5) is 0 Å². The van der Waals surface area contributed by atoms with Crippen molar-refractivity contribution in [1.29, 1.82) is 0 Å². The molecule has 0 spiro atoms. The van der Waals surface area contributed by atoms with Crippen molar-refractivity contribution in [3.8, 4) is 0 Å². The van der Waals surface area contributed by atoms with E-state index in [9.17, 15) is 9.59 Å². The van der Waals surface area contributed by atoms with Gasteiger partial charge in [0.1, 0.15) is 0 Å². The third-order valence-electron chi connectivity index (χ3n) is 3.38. The summed E-state index contributed by atoms with van der Waals surface area (Å²) in [6.07, 6.45) is 0.296. The molecule has 1 aliphatic heterocycles. The first kappa shape index (κ1) is 13.3. The predicted molar refractivity (Wildman–Crippen MR) is 72.8 cm³/mol. The van der Waals surface area contributed by atoms with E-state index >= 15 is 0 Å². The Balaban J connectivity index is 2.32. The van der Waals surface area contributed by atoms with E-state index in [0.29, 0.717) is 6.42 Å². The van der Waals surface area contributed by atoms with Gasteiger partial charge in [0.15, 0.2) is 0 Å². The molecule has 1 unspecified atom stereocenters. The van der Waals surface area contributed by atoms with E-state index in [1.54, 1.807) is 0 Å². The minimum absolute atomic E-state index is 0.0834. The highest BCUT2D eigenvalue weighted by Crippen LogP contribution is 2.37. The summed E-state index contributed by atoms with van der Waals surface area (Å²) in [4.78, 5) is 25.6. The number of carbonyl (C=O) groups excluding carboxylic acids is 2. The van der Waals surface area contributed by atoms with Gasteiger partial charge in [0, 0.05) is 10.9 Å². The molecule has 1 heterocycles. The SMILES string of the molecule is CC(c1cccc(Br)c1)N1C(=O)CC(C)(C)C1=O. The molecule has 18 heavy (non-hydrogen) atoms. The maximum Gasteiger partial charge on any atom is 0.235 e. The average molecular weight is 310 g/mol. The maximum absolute atomic E-state index is 12.2. The number of amides is 2. The summed E-state index contributed by atoms with van der Waals surface area (Å²) in [6.45, 7) is 5.53. The monoisotopic (exact) mass is 309 g/mol. The summed E-state index contributed by atoms with van der Waals surface area (Å²) in [5.74, 6) is -0.169. The normalized spacial score (nSPS) is 20.3. The van der Waals surface area contributed by atoms with Crippen molar-refractivity contribution in [3.05, 3.63) is 34.3 Å². The number of halogens is 1. The Morgan fingerprint density at radius 2 is 2.00 bits per heavy atom. The third-order valence-corrected chi connectivity index (χ3v) is 3.87. The van der Waals surface area contributed by atoms with Gasteiger partial charge >= 0.3 is 0 Å². The summed E-state index contributed by atoms with van der Waals surface area (Å²) in [5, 5.41) is 0. The number of benzene rings is 1. The van der Waals surface area contributed by atoms with Gasteiger partial charge in [-0.3, -0.25) is 14.5 Å². The Labute approximate surface area is 115 Å². The molecular weight excluding hydrogens is 294 g/mol. The van der Waals surface area contributed by atoms with Crippen LogP contribution in [0.5, 0.6) is 0 Å². The predicted octanol–water partition coefficient (Wildman–Crippen LogP) is 3.30. The van der Waals surface area contributed by atoms with E-state index in [4.69, 9.17) is 0 Å². The van der Waals surface area contributed by atoms with Crippen LogP contribution in [0.1, 0.15) is 38.8 Å². The number of likely N-dealkylation sites (tertiary alicyclic amines) is 1. The molecule has 0 aliphatic carbocycles. The van der Waals surface area contributed by atoms with Gasteiger partial charge in [0.05, 0.1) is 11.5 Å². The Morgan fingerprint density at radius 3 is 2.50 bits per heavy atom. The van der Waals surface area contributed by atoms with E-state index in [1.165, 1.54) is 4.90 Å². The van der Waals surface area contributed by atoms with Crippen LogP contribution in [0.15, 0.2) is 28.7 Å². The number of imide groups is 1. The van der Waals surface area contributed by atoms with Gasteiger partial charge in [-0.2, -0.15) is 0 Å². The van der Waals surface area contributed by atoms with E-state index in [0.717, 1.165) is 10.0 Å². The Morgan fingerprint density at radius 1 is 1.33 bits per heavy atom. The molecule has 1 saturated heterocycles. The lowest BCUT2D eigenvalue weighted by Gasteiger charge is -2.25. The molecule has 3 nitrogen and oxygen atoms in total. The second-order valence-electron chi connectivity index (χ2n) is 5.36. The lowest BCUT2D eigenvalue weighted by atomic mass is 9.92. The molecule has 2 rings (SSSR count). The van der Waals surface area contributed by atoms with Crippen LogP contribution in [0, 0.1) is 5.41 Å². The third kappa shape index (κ3) is 2.21. The highest BCUT2D eigenvalue weighted by Gasteiger charge is 2.46. The van der Waals surface area contributed by atoms with Crippen LogP contribution in [0.2, 0.25) is 0 Å². The molecule has 2 amide bonds. The zero-order valence-electron chi connectivity index (χ0n) is 10.7. The van der Waals surface area contributed by atoms with Crippen LogP contribution in [-0.4, -0.2) is 16.7 Å². The van der Waals surface area contributed by atoms with Gasteiger partial charge in [-0.05, 0) is 24.6 Å². The molecule has 1 aromatic carbocycles. The smallest absolute Gasteiger partial charge is 0.235 e. The van der Waals surface area contributed by atoms with Gasteiger partial charge < -0.3 is 0 Å². The standard InChI is InChI=1S/C14H16BrNO2/c1-9(10-5-4-6-11(15)7-10)16-12(17)8-14(2,3)13(16)18/h4-7,9H,8H2,1-3H3. The van der Waals surface area contributed by atoms with Gasteiger partial charge in [0.2, 0.25) is 11.8 Å². The second-order valence-corrected chi connectivity index (χ2v) is 6.28. The maximum atomic E-state index is 12.2. The molecule has 0 saturated carbocycles. The largest absolute Gasteiger partial charge is 0.275 e. The Bertz CT molecular complexity index is 510. The van der Waals surface area contributed by atoms with Gasteiger partial charge in [-0.15, -0.1) is 0 Å². The van der Waals surface area contributed by atoms with Crippen molar-refractivity contribution in [1.82, 2.24) is 4.90 Å². The van der Waals surface area contributed by atoms with Gasteiger partial charge in [-0.25, -0.2) is 0 Å². The van der Waals surface area contributed by atoms with Crippen LogP contribution in [0.3, 0.4) is 0 Å². The van der Waals surface area contributed by atoms with E-state index in [1.807, 2.05) is 45.0 Å². The van der Waals surface area contributed by atoms with Gasteiger partial charge in [-0.1, -0.05) is 41.9 Å². The lowest BCUT2D eigenvalue weighted by molar-refractivity contribution is -0.143. The number of nitrogens with zero attached hydrogens (tertiary/aromatic N) is 1. The fourth-order valence-electron chi connectivity index (χ4n) is 2.29. The van der Waals surface area contributed by atoms with E-state index in [-0.39, 0.29) is 17.9 Å². The lowest BCUT2D eigenvalue weighted by Crippen LogP contribution is -2.35. The van der Waals surface area contributed by atoms with Crippen molar-refractivity contribution >= 4 is 27.7 Å². The average Bonchev–Trinajstić information content (AvgIpc) is 2.47. The Hall–Kier alpha value is -1.16. The molecule has 4 heteroatoms. The van der Waals surface area contributed by atoms with Crippen LogP contribution in [0.25, 0.3) is 0 Å². The Kier molecular flexibility index (Phi) is 3.32.